The predicted octanol–water partition coefficient (Wildman–Crippen LogP) is 3.14. The number of hydrogen-bond acceptors (Lipinski definition) is 4. The smallest absolute Gasteiger partial charge is 0.179 e. The van der Waals surface area contributed by atoms with Gasteiger partial charge in [-0.1, -0.05) is 23.3 Å². The molecule has 4 nitrogen and oxygen atoms in total. The molecule has 1 aliphatic heterocycles. The van der Waals surface area contributed by atoms with Crippen molar-refractivity contribution in [2.75, 3.05) is 40.0 Å². The molecule has 0 spiro atoms. The maximum Gasteiger partial charge on any atom is 0.179 e. The monoisotopic (exact) mass is 311 g/mol. The molecule has 0 unspecified atom stereocenters. The average molecular weight is 312 g/mol. The largest absolute Gasteiger partial charge is 0.489 e. The molecule has 5 heteroatoms. The van der Waals surface area contributed by atoms with E-state index in [2.05, 4.69) is 18.3 Å². The van der Waals surface area contributed by atoms with Gasteiger partial charge in [-0.15, -0.1) is 0 Å². The molecule has 1 aromatic rings. The standard InChI is InChI=1S/C16H22ClNO3/c1-12(11-18-4-7-19-2)8-13-9-14(17)16-15(10-13)20-5-3-6-21-16/h8-10,18H,3-7,11H2,1-2H3. The third-order valence-electron chi connectivity index (χ3n) is 3.12. The number of fused-ring (bicyclic) bond motifs is 1. The molecule has 0 aromatic heterocycles. The molecule has 0 saturated carbocycles. The minimum absolute atomic E-state index is 0.598. The third kappa shape index (κ3) is 4.92. The van der Waals surface area contributed by atoms with Crippen LogP contribution >= 0.6 is 11.6 Å². The van der Waals surface area contributed by atoms with E-state index in [1.807, 2.05) is 12.1 Å². The second-order valence-corrected chi connectivity index (χ2v) is 5.45. The van der Waals surface area contributed by atoms with Crippen LogP contribution in [0, 0.1) is 0 Å². The Morgan fingerprint density at radius 2 is 2.19 bits per heavy atom. The van der Waals surface area contributed by atoms with Gasteiger partial charge in [0.15, 0.2) is 11.5 Å². The van der Waals surface area contributed by atoms with Crippen molar-refractivity contribution in [3.63, 3.8) is 0 Å². The Morgan fingerprint density at radius 1 is 1.38 bits per heavy atom. The van der Waals surface area contributed by atoms with Crippen LogP contribution in [-0.2, 0) is 4.74 Å². The van der Waals surface area contributed by atoms with Gasteiger partial charge in [-0.25, -0.2) is 0 Å². The summed E-state index contributed by atoms with van der Waals surface area (Å²) in [5, 5.41) is 3.91. The minimum atomic E-state index is 0.598. The predicted molar refractivity (Wildman–Crippen MR) is 85.5 cm³/mol. The molecule has 0 amide bonds. The van der Waals surface area contributed by atoms with Gasteiger partial charge in [-0.2, -0.15) is 0 Å². The number of hydrogen-bond donors (Lipinski definition) is 1. The molecule has 2 rings (SSSR count). The second-order valence-electron chi connectivity index (χ2n) is 5.04. The highest BCUT2D eigenvalue weighted by Gasteiger charge is 2.14. The van der Waals surface area contributed by atoms with E-state index in [1.54, 1.807) is 7.11 Å². The van der Waals surface area contributed by atoms with Crippen LogP contribution in [0.5, 0.6) is 11.5 Å². The van der Waals surface area contributed by atoms with E-state index >= 15 is 0 Å². The van der Waals surface area contributed by atoms with Crippen LogP contribution in [0.3, 0.4) is 0 Å². The summed E-state index contributed by atoms with van der Waals surface area (Å²) in [5.41, 5.74) is 2.24. The van der Waals surface area contributed by atoms with Gasteiger partial charge in [0.25, 0.3) is 0 Å². The molecule has 116 valence electrons. The van der Waals surface area contributed by atoms with Gasteiger partial charge in [0.1, 0.15) is 0 Å². The zero-order valence-electron chi connectivity index (χ0n) is 12.6. The second kappa shape index (κ2) is 8.27. The molecular formula is C16H22ClNO3. The molecule has 0 bridgehead atoms. The topological polar surface area (TPSA) is 39.7 Å². The molecule has 0 saturated heterocycles. The highest BCUT2D eigenvalue weighted by atomic mass is 35.5. The first-order chi connectivity index (χ1) is 10.2. The Morgan fingerprint density at radius 3 is 3.00 bits per heavy atom. The van der Waals surface area contributed by atoms with E-state index in [0.717, 1.165) is 30.8 Å². The molecule has 0 aliphatic carbocycles. The zero-order chi connectivity index (χ0) is 15.1. The van der Waals surface area contributed by atoms with Crippen molar-refractivity contribution < 1.29 is 14.2 Å². The molecular weight excluding hydrogens is 290 g/mol. The van der Waals surface area contributed by atoms with Gasteiger partial charge >= 0.3 is 0 Å². The van der Waals surface area contributed by atoms with E-state index in [4.69, 9.17) is 25.8 Å². The number of methoxy groups -OCH3 is 1. The number of nitrogens with one attached hydrogen (secondary N) is 1. The SMILES string of the molecule is COCCNCC(C)=Cc1cc(Cl)c2c(c1)OCCCO2. The zero-order valence-corrected chi connectivity index (χ0v) is 13.3. The van der Waals surface area contributed by atoms with Crippen molar-refractivity contribution in [1.82, 2.24) is 5.32 Å². The summed E-state index contributed by atoms with van der Waals surface area (Å²) in [5.74, 6) is 1.38. The number of rotatable bonds is 6. The van der Waals surface area contributed by atoms with E-state index < -0.39 is 0 Å². The van der Waals surface area contributed by atoms with Gasteiger partial charge < -0.3 is 19.5 Å². The Bertz CT molecular complexity index is 503. The first-order valence-electron chi connectivity index (χ1n) is 7.16. The van der Waals surface area contributed by atoms with E-state index in [9.17, 15) is 0 Å². The van der Waals surface area contributed by atoms with Gasteiger partial charge in [0.05, 0.1) is 24.8 Å². The summed E-state index contributed by atoms with van der Waals surface area (Å²) in [4.78, 5) is 0. The molecule has 1 aromatic carbocycles. The van der Waals surface area contributed by atoms with Crippen LogP contribution in [0.25, 0.3) is 6.08 Å². The summed E-state index contributed by atoms with van der Waals surface area (Å²) < 4.78 is 16.3. The summed E-state index contributed by atoms with van der Waals surface area (Å²) in [6.45, 7) is 5.75. The highest BCUT2D eigenvalue weighted by Crippen LogP contribution is 2.38. The molecule has 1 heterocycles. The van der Waals surface area contributed by atoms with Crippen molar-refractivity contribution in [2.24, 2.45) is 0 Å². The van der Waals surface area contributed by atoms with Gasteiger partial charge in [0, 0.05) is 26.6 Å². The van der Waals surface area contributed by atoms with Crippen molar-refractivity contribution in [2.45, 2.75) is 13.3 Å². The van der Waals surface area contributed by atoms with E-state index in [0.29, 0.717) is 30.6 Å². The lowest BCUT2D eigenvalue weighted by atomic mass is 10.1. The van der Waals surface area contributed by atoms with Crippen molar-refractivity contribution in [1.29, 1.82) is 0 Å². The van der Waals surface area contributed by atoms with Crippen LogP contribution in [-0.4, -0.2) is 40.0 Å². The fourth-order valence-corrected chi connectivity index (χ4v) is 2.40. The first kappa shape index (κ1) is 16.1. The maximum absolute atomic E-state index is 6.28. The lowest BCUT2D eigenvalue weighted by molar-refractivity contribution is 0.200. The summed E-state index contributed by atoms with van der Waals surface area (Å²) >= 11 is 6.28. The lowest BCUT2D eigenvalue weighted by Crippen LogP contribution is -2.20. The Labute approximate surface area is 131 Å². The lowest BCUT2D eigenvalue weighted by Gasteiger charge is -2.11. The normalized spacial score (nSPS) is 14.9. The fraction of sp³-hybridized carbons (Fsp3) is 0.500. The van der Waals surface area contributed by atoms with E-state index in [1.165, 1.54) is 5.57 Å². The van der Waals surface area contributed by atoms with Crippen LogP contribution < -0.4 is 14.8 Å². The number of ether oxygens (including phenoxy) is 3. The van der Waals surface area contributed by atoms with Crippen molar-refractivity contribution >= 4 is 17.7 Å². The molecule has 0 radical (unpaired) electrons. The van der Waals surface area contributed by atoms with Crippen LogP contribution in [0.15, 0.2) is 17.7 Å². The van der Waals surface area contributed by atoms with E-state index in [-0.39, 0.29) is 0 Å². The van der Waals surface area contributed by atoms with Gasteiger partial charge in [-0.05, 0) is 24.6 Å². The molecule has 1 N–H and O–H groups in total. The quantitative estimate of drug-likeness (QED) is 0.819. The Kier molecular flexibility index (Phi) is 6.36. The van der Waals surface area contributed by atoms with Crippen molar-refractivity contribution in [3.8, 4) is 11.5 Å². The molecule has 1 aliphatic rings. The van der Waals surface area contributed by atoms with Gasteiger partial charge in [-0.3, -0.25) is 0 Å². The summed E-state index contributed by atoms with van der Waals surface area (Å²) in [7, 11) is 1.70. The number of benzene rings is 1. The summed E-state index contributed by atoms with van der Waals surface area (Å²) in [6.07, 6.45) is 2.97. The Balaban J connectivity index is 2.06. The first-order valence-corrected chi connectivity index (χ1v) is 7.54. The third-order valence-corrected chi connectivity index (χ3v) is 3.41. The molecule has 0 fully saturated rings. The fourth-order valence-electron chi connectivity index (χ4n) is 2.13. The van der Waals surface area contributed by atoms with Crippen LogP contribution in [0.2, 0.25) is 5.02 Å². The Hall–Kier alpha value is -1.23. The average Bonchev–Trinajstić information content (AvgIpc) is 2.69. The summed E-state index contributed by atoms with van der Waals surface area (Å²) in [6, 6.07) is 3.89. The number of halogens is 1. The molecule has 0 atom stereocenters. The van der Waals surface area contributed by atoms with Crippen LogP contribution in [0.1, 0.15) is 18.9 Å². The van der Waals surface area contributed by atoms with Crippen LogP contribution in [0.4, 0.5) is 0 Å². The molecule has 21 heavy (non-hydrogen) atoms. The maximum atomic E-state index is 6.28. The van der Waals surface area contributed by atoms with Crippen molar-refractivity contribution in [3.05, 3.63) is 28.3 Å². The van der Waals surface area contributed by atoms with Gasteiger partial charge in [0.2, 0.25) is 0 Å². The highest BCUT2D eigenvalue weighted by molar-refractivity contribution is 6.32. The minimum Gasteiger partial charge on any atom is -0.489 e.